The van der Waals surface area contributed by atoms with Crippen molar-refractivity contribution in [2.75, 3.05) is 59.9 Å². The van der Waals surface area contributed by atoms with Crippen molar-refractivity contribution >= 4 is 5.91 Å². The van der Waals surface area contributed by atoms with Crippen LogP contribution in [0.2, 0.25) is 0 Å². The maximum atomic E-state index is 12.2. The normalized spacial score (nSPS) is 25.1. The van der Waals surface area contributed by atoms with Crippen LogP contribution in [0.5, 0.6) is 0 Å². The molecule has 1 unspecified atom stereocenters. The Morgan fingerprint density at radius 2 is 2.00 bits per heavy atom. The number of rotatable bonds is 5. The van der Waals surface area contributed by atoms with E-state index in [0.29, 0.717) is 12.6 Å². The lowest BCUT2D eigenvalue weighted by Crippen LogP contribution is -2.50. The first-order chi connectivity index (χ1) is 9.65. The molecule has 5 heteroatoms. The first-order valence-corrected chi connectivity index (χ1v) is 8.03. The molecule has 0 aliphatic carbocycles. The van der Waals surface area contributed by atoms with Gasteiger partial charge in [0, 0.05) is 32.2 Å². The smallest absolute Gasteiger partial charge is 0.236 e. The molecule has 0 bridgehead atoms. The number of nitrogens with zero attached hydrogens (tertiary/aromatic N) is 3. The van der Waals surface area contributed by atoms with Gasteiger partial charge in [-0.3, -0.25) is 9.69 Å². The molecule has 0 saturated carbocycles. The summed E-state index contributed by atoms with van der Waals surface area (Å²) in [6, 6.07) is 0.657. The predicted molar refractivity (Wildman–Crippen MR) is 81.8 cm³/mol. The average Bonchev–Trinajstić information content (AvgIpc) is 2.47. The topological polar surface area (TPSA) is 38.8 Å². The zero-order chi connectivity index (χ0) is 14.4. The Kier molecular flexibility index (Phi) is 6.26. The van der Waals surface area contributed by atoms with Crippen LogP contribution in [-0.2, 0) is 4.79 Å². The second-order valence-electron chi connectivity index (χ2n) is 6.36. The molecule has 0 aromatic rings. The van der Waals surface area contributed by atoms with Gasteiger partial charge in [-0.05, 0) is 46.4 Å². The van der Waals surface area contributed by atoms with Gasteiger partial charge in [0.2, 0.25) is 5.91 Å². The summed E-state index contributed by atoms with van der Waals surface area (Å²) < 4.78 is 0. The highest BCUT2D eigenvalue weighted by molar-refractivity contribution is 5.78. The summed E-state index contributed by atoms with van der Waals surface area (Å²) >= 11 is 0. The second kappa shape index (κ2) is 7.96. The van der Waals surface area contributed by atoms with E-state index >= 15 is 0 Å². The molecule has 2 heterocycles. The van der Waals surface area contributed by atoms with Gasteiger partial charge in [0.05, 0.1) is 6.54 Å². The number of piperidine rings is 1. The first kappa shape index (κ1) is 15.7. The van der Waals surface area contributed by atoms with Crippen LogP contribution in [0.25, 0.3) is 0 Å². The lowest BCUT2D eigenvalue weighted by molar-refractivity contribution is -0.133. The van der Waals surface area contributed by atoms with Crippen molar-refractivity contribution in [2.24, 2.45) is 0 Å². The molecule has 0 spiro atoms. The second-order valence-corrected chi connectivity index (χ2v) is 6.36. The van der Waals surface area contributed by atoms with Crippen molar-refractivity contribution in [3.8, 4) is 0 Å². The Balaban J connectivity index is 1.63. The number of nitrogens with one attached hydrogen (secondary N) is 1. The number of hydrogen-bond acceptors (Lipinski definition) is 4. The van der Waals surface area contributed by atoms with Crippen molar-refractivity contribution in [3.05, 3.63) is 0 Å². The van der Waals surface area contributed by atoms with Crippen LogP contribution in [0.3, 0.4) is 0 Å². The van der Waals surface area contributed by atoms with Crippen LogP contribution in [-0.4, -0.2) is 86.6 Å². The minimum atomic E-state index is 0.289. The standard InChI is InChI=1S/C15H30N4O/c1-17-9-11-19(12-10-17)15(20)13-18(2)8-6-14-5-3-4-7-16-14/h14,16H,3-13H2,1-2H3. The van der Waals surface area contributed by atoms with Crippen molar-refractivity contribution in [2.45, 2.75) is 31.7 Å². The Morgan fingerprint density at radius 1 is 1.25 bits per heavy atom. The third-order valence-corrected chi connectivity index (χ3v) is 4.53. The maximum Gasteiger partial charge on any atom is 0.236 e. The van der Waals surface area contributed by atoms with Gasteiger partial charge in [-0.1, -0.05) is 6.42 Å². The van der Waals surface area contributed by atoms with Crippen LogP contribution in [0, 0.1) is 0 Å². The molecular weight excluding hydrogens is 252 g/mol. The van der Waals surface area contributed by atoms with Gasteiger partial charge < -0.3 is 15.1 Å². The van der Waals surface area contributed by atoms with Gasteiger partial charge in [-0.2, -0.15) is 0 Å². The van der Waals surface area contributed by atoms with E-state index in [4.69, 9.17) is 0 Å². The average molecular weight is 282 g/mol. The molecule has 1 amide bonds. The van der Waals surface area contributed by atoms with E-state index in [-0.39, 0.29) is 5.91 Å². The van der Waals surface area contributed by atoms with E-state index in [1.807, 2.05) is 4.90 Å². The quantitative estimate of drug-likeness (QED) is 0.783. The number of amides is 1. The summed E-state index contributed by atoms with van der Waals surface area (Å²) in [4.78, 5) is 18.7. The molecule has 1 atom stereocenters. The van der Waals surface area contributed by atoms with Crippen LogP contribution in [0.15, 0.2) is 0 Å². The molecule has 2 fully saturated rings. The van der Waals surface area contributed by atoms with Gasteiger partial charge in [0.1, 0.15) is 0 Å². The van der Waals surface area contributed by atoms with E-state index < -0.39 is 0 Å². The first-order valence-electron chi connectivity index (χ1n) is 8.03. The molecule has 116 valence electrons. The number of carbonyl (C=O) groups is 1. The lowest BCUT2D eigenvalue weighted by atomic mass is 10.0. The van der Waals surface area contributed by atoms with Crippen LogP contribution >= 0.6 is 0 Å². The summed E-state index contributed by atoms with van der Waals surface area (Å²) in [5.74, 6) is 0.289. The highest BCUT2D eigenvalue weighted by Gasteiger charge is 2.20. The molecule has 2 rings (SSSR count). The summed E-state index contributed by atoms with van der Waals surface area (Å²) in [6.07, 6.45) is 5.11. The third kappa shape index (κ3) is 5.04. The van der Waals surface area contributed by atoms with Crippen molar-refractivity contribution < 1.29 is 4.79 Å². The molecule has 0 aromatic heterocycles. The number of likely N-dealkylation sites (N-methyl/N-ethyl adjacent to an activating group) is 2. The molecule has 2 aliphatic heterocycles. The van der Waals surface area contributed by atoms with E-state index in [1.165, 1.54) is 19.3 Å². The fourth-order valence-corrected chi connectivity index (χ4v) is 3.01. The Bertz CT molecular complexity index is 296. The van der Waals surface area contributed by atoms with Crippen molar-refractivity contribution in [3.63, 3.8) is 0 Å². The third-order valence-electron chi connectivity index (χ3n) is 4.53. The number of piperazine rings is 1. The fraction of sp³-hybridized carbons (Fsp3) is 0.933. The van der Waals surface area contributed by atoms with Gasteiger partial charge in [0.25, 0.3) is 0 Å². The van der Waals surface area contributed by atoms with Gasteiger partial charge >= 0.3 is 0 Å². The van der Waals surface area contributed by atoms with Gasteiger partial charge in [-0.25, -0.2) is 0 Å². The van der Waals surface area contributed by atoms with Crippen LogP contribution in [0.4, 0.5) is 0 Å². The molecule has 1 N–H and O–H groups in total. The monoisotopic (exact) mass is 282 g/mol. The van der Waals surface area contributed by atoms with E-state index in [0.717, 1.165) is 45.7 Å². The largest absolute Gasteiger partial charge is 0.339 e. The minimum Gasteiger partial charge on any atom is -0.339 e. The fourth-order valence-electron chi connectivity index (χ4n) is 3.01. The van der Waals surface area contributed by atoms with Gasteiger partial charge in [-0.15, -0.1) is 0 Å². The van der Waals surface area contributed by atoms with Crippen LogP contribution in [0.1, 0.15) is 25.7 Å². The molecule has 2 aliphatic rings. The summed E-state index contributed by atoms with van der Waals surface area (Å²) in [5.41, 5.74) is 0. The summed E-state index contributed by atoms with van der Waals surface area (Å²) in [5, 5.41) is 3.57. The molecule has 20 heavy (non-hydrogen) atoms. The summed E-state index contributed by atoms with van der Waals surface area (Å²) in [6.45, 7) is 6.51. The number of carbonyl (C=O) groups excluding carboxylic acids is 1. The van der Waals surface area contributed by atoms with Crippen molar-refractivity contribution in [1.82, 2.24) is 20.0 Å². The maximum absolute atomic E-state index is 12.2. The molecule has 5 nitrogen and oxygen atoms in total. The van der Waals surface area contributed by atoms with Crippen LogP contribution < -0.4 is 5.32 Å². The highest BCUT2D eigenvalue weighted by Crippen LogP contribution is 2.10. The minimum absolute atomic E-state index is 0.289. The van der Waals surface area contributed by atoms with Crippen molar-refractivity contribution in [1.29, 1.82) is 0 Å². The zero-order valence-electron chi connectivity index (χ0n) is 13.1. The Hall–Kier alpha value is -0.650. The van der Waals surface area contributed by atoms with E-state index in [1.54, 1.807) is 0 Å². The van der Waals surface area contributed by atoms with E-state index in [9.17, 15) is 4.79 Å². The highest BCUT2D eigenvalue weighted by atomic mass is 16.2. The molecular formula is C15H30N4O. The molecule has 0 radical (unpaired) electrons. The summed E-state index contributed by atoms with van der Waals surface area (Å²) in [7, 11) is 4.18. The lowest BCUT2D eigenvalue weighted by Gasteiger charge is -2.33. The zero-order valence-corrected chi connectivity index (χ0v) is 13.1. The molecule has 0 aromatic carbocycles. The van der Waals surface area contributed by atoms with E-state index in [2.05, 4.69) is 29.2 Å². The Morgan fingerprint density at radius 3 is 2.65 bits per heavy atom. The SMILES string of the molecule is CN1CCN(C(=O)CN(C)CCC2CCCCN2)CC1. The Labute approximate surface area is 123 Å². The van der Waals surface area contributed by atoms with Gasteiger partial charge in [0.15, 0.2) is 0 Å². The predicted octanol–water partition coefficient (Wildman–Crippen LogP) is 0.224. The molecule has 2 saturated heterocycles. The number of hydrogen-bond donors (Lipinski definition) is 1.